The number of aromatic amines is 1. The normalized spacial score (nSPS) is 11.2. The van der Waals surface area contributed by atoms with Gasteiger partial charge in [0, 0.05) is 28.6 Å². The molecule has 4 rings (SSSR count). The first-order valence-electron chi connectivity index (χ1n) is 11.6. The summed E-state index contributed by atoms with van der Waals surface area (Å²) in [6, 6.07) is 18.3. The maximum atomic E-state index is 12.8. The van der Waals surface area contributed by atoms with Crippen LogP contribution in [0, 0.1) is 6.92 Å². The van der Waals surface area contributed by atoms with Gasteiger partial charge in [0.25, 0.3) is 11.8 Å². The molecular weight excluding hydrogens is 456 g/mol. The van der Waals surface area contributed by atoms with Crippen molar-refractivity contribution >= 4 is 28.4 Å². The van der Waals surface area contributed by atoms with E-state index in [-0.39, 0.29) is 17.2 Å². The van der Waals surface area contributed by atoms with Gasteiger partial charge in [-0.1, -0.05) is 38.1 Å². The number of amides is 2. The Hall–Kier alpha value is -4.33. The highest BCUT2D eigenvalue weighted by molar-refractivity contribution is 6.05. The quantitative estimate of drug-likeness (QED) is 0.330. The van der Waals surface area contributed by atoms with Crippen molar-refractivity contribution in [2.45, 2.75) is 26.2 Å². The summed E-state index contributed by atoms with van der Waals surface area (Å²) < 4.78 is 10.5. The lowest BCUT2D eigenvalue weighted by molar-refractivity contribution is 0.0941. The number of benzene rings is 3. The van der Waals surface area contributed by atoms with E-state index >= 15 is 0 Å². The number of aryl methyl sites for hydroxylation is 1. The van der Waals surface area contributed by atoms with Gasteiger partial charge in [0.05, 0.1) is 19.7 Å². The van der Waals surface area contributed by atoms with Crippen molar-refractivity contribution in [3.8, 4) is 11.5 Å². The number of hydrogen-bond donors (Lipinski definition) is 3. The van der Waals surface area contributed by atoms with E-state index in [1.165, 1.54) is 7.11 Å². The van der Waals surface area contributed by atoms with Crippen LogP contribution in [-0.4, -0.2) is 42.8 Å². The van der Waals surface area contributed by atoms with Crippen LogP contribution < -0.4 is 20.1 Å². The van der Waals surface area contributed by atoms with Crippen LogP contribution in [0.2, 0.25) is 0 Å². The van der Waals surface area contributed by atoms with Crippen molar-refractivity contribution in [1.29, 1.82) is 0 Å². The molecule has 0 spiro atoms. The summed E-state index contributed by atoms with van der Waals surface area (Å²) in [6.45, 7) is 6.55. The number of rotatable bonds is 8. The Labute approximate surface area is 210 Å². The van der Waals surface area contributed by atoms with Crippen molar-refractivity contribution in [2.75, 3.05) is 26.1 Å². The SMILES string of the molecule is COc1ccc(C(=O)Nc2ccc(C(C)(C)CNC(=O)c3n[nH]c4ccccc34)c(C)c2)cc1OC. The molecule has 8 nitrogen and oxygen atoms in total. The second-order valence-corrected chi connectivity index (χ2v) is 9.24. The molecule has 1 heterocycles. The number of hydrogen-bond acceptors (Lipinski definition) is 5. The van der Waals surface area contributed by atoms with Crippen LogP contribution in [-0.2, 0) is 5.41 Å². The van der Waals surface area contributed by atoms with Crippen molar-refractivity contribution in [2.24, 2.45) is 0 Å². The minimum absolute atomic E-state index is 0.225. The van der Waals surface area contributed by atoms with E-state index in [1.807, 2.05) is 49.4 Å². The summed E-state index contributed by atoms with van der Waals surface area (Å²) >= 11 is 0. The fourth-order valence-electron chi connectivity index (χ4n) is 4.30. The Bertz CT molecular complexity index is 1420. The monoisotopic (exact) mass is 486 g/mol. The Morgan fingerprint density at radius 3 is 2.42 bits per heavy atom. The van der Waals surface area contributed by atoms with Gasteiger partial charge in [-0.3, -0.25) is 14.7 Å². The number of nitrogens with one attached hydrogen (secondary N) is 3. The van der Waals surface area contributed by atoms with Gasteiger partial charge in [-0.05, 0) is 54.4 Å². The van der Waals surface area contributed by atoms with Crippen LogP contribution >= 0.6 is 0 Å². The van der Waals surface area contributed by atoms with Crippen molar-refractivity contribution in [3.05, 3.63) is 83.0 Å². The number of fused-ring (bicyclic) bond motifs is 1. The molecule has 0 atom stereocenters. The van der Waals surface area contributed by atoms with Crippen LogP contribution in [0.5, 0.6) is 11.5 Å². The van der Waals surface area contributed by atoms with Gasteiger partial charge < -0.3 is 20.1 Å². The average molecular weight is 487 g/mol. The summed E-state index contributed by atoms with van der Waals surface area (Å²) in [6.07, 6.45) is 0. The van der Waals surface area contributed by atoms with Gasteiger partial charge in [-0.25, -0.2) is 0 Å². The topological polar surface area (TPSA) is 105 Å². The molecule has 0 saturated heterocycles. The molecule has 36 heavy (non-hydrogen) atoms. The first kappa shape index (κ1) is 24.8. The highest BCUT2D eigenvalue weighted by Gasteiger charge is 2.25. The van der Waals surface area contributed by atoms with Gasteiger partial charge in [0.2, 0.25) is 0 Å². The van der Waals surface area contributed by atoms with E-state index < -0.39 is 0 Å². The summed E-state index contributed by atoms with van der Waals surface area (Å²) in [7, 11) is 3.08. The zero-order valence-electron chi connectivity index (χ0n) is 21.1. The van der Waals surface area contributed by atoms with Crippen LogP contribution in [0.1, 0.15) is 45.8 Å². The second-order valence-electron chi connectivity index (χ2n) is 9.24. The molecule has 8 heteroatoms. The van der Waals surface area contributed by atoms with Gasteiger partial charge in [-0.15, -0.1) is 0 Å². The van der Waals surface area contributed by atoms with Gasteiger partial charge in [0.1, 0.15) is 0 Å². The summed E-state index contributed by atoms with van der Waals surface area (Å²) in [5.74, 6) is 0.574. The number of aromatic nitrogens is 2. The number of nitrogens with zero attached hydrogens (tertiary/aromatic N) is 1. The summed E-state index contributed by atoms with van der Waals surface area (Å²) in [5.41, 5.74) is 4.07. The van der Waals surface area contributed by atoms with E-state index in [9.17, 15) is 9.59 Å². The van der Waals surface area contributed by atoms with E-state index in [0.29, 0.717) is 35.0 Å². The lowest BCUT2D eigenvalue weighted by atomic mass is 9.81. The number of carbonyl (C=O) groups is 2. The summed E-state index contributed by atoms with van der Waals surface area (Å²) in [5, 5.41) is 13.8. The molecule has 2 amide bonds. The third-order valence-corrected chi connectivity index (χ3v) is 6.24. The zero-order valence-corrected chi connectivity index (χ0v) is 21.1. The number of H-pyrrole nitrogens is 1. The fraction of sp³-hybridized carbons (Fsp3) is 0.250. The fourth-order valence-corrected chi connectivity index (χ4v) is 4.30. The number of carbonyl (C=O) groups excluding carboxylic acids is 2. The van der Waals surface area contributed by atoms with Crippen LogP contribution in [0.4, 0.5) is 5.69 Å². The first-order chi connectivity index (χ1) is 17.2. The minimum Gasteiger partial charge on any atom is -0.493 e. The average Bonchev–Trinajstić information content (AvgIpc) is 3.31. The number of para-hydroxylation sites is 1. The van der Waals surface area contributed by atoms with Crippen molar-refractivity contribution < 1.29 is 19.1 Å². The third kappa shape index (κ3) is 5.02. The highest BCUT2D eigenvalue weighted by atomic mass is 16.5. The molecular formula is C28H30N4O4. The number of anilines is 1. The molecule has 0 aliphatic heterocycles. The van der Waals surface area contributed by atoms with Gasteiger partial charge in [-0.2, -0.15) is 5.10 Å². The molecule has 0 bridgehead atoms. The largest absolute Gasteiger partial charge is 0.493 e. The lowest BCUT2D eigenvalue weighted by Gasteiger charge is -2.28. The Morgan fingerprint density at radius 1 is 0.944 bits per heavy atom. The molecule has 0 fully saturated rings. The molecule has 0 aliphatic rings. The van der Waals surface area contributed by atoms with Crippen LogP contribution in [0.15, 0.2) is 60.7 Å². The number of ether oxygens (including phenoxy) is 2. The highest BCUT2D eigenvalue weighted by Crippen LogP contribution is 2.30. The molecule has 3 N–H and O–H groups in total. The van der Waals surface area contributed by atoms with Crippen molar-refractivity contribution in [1.82, 2.24) is 15.5 Å². The molecule has 0 unspecified atom stereocenters. The van der Waals surface area contributed by atoms with E-state index in [4.69, 9.17) is 9.47 Å². The smallest absolute Gasteiger partial charge is 0.272 e. The van der Waals surface area contributed by atoms with Crippen LogP contribution in [0.3, 0.4) is 0 Å². The van der Waals surface area contributed by atoms with E-state index in [2.05, 4.69) is 34.7 Å². The van der Waals surface area contributed by atoms with E-state index in [0.717, 1.165) is 22.0 Å². The molecule has 1 aromatic heterocycles. The third-order valence-electron chi connectivity index (χ3n) is 6.24. The molecule has 0 aliphatic carbocycles. The number of methoxy groups -OCH3 is 2. The lowest BCUT2D eigenvalue weighted by Crippen LogP contribution is -2.37. The first-order valence-corrected chi connectivity index (χ1v) is 11.6. The van der Waals surface area contributed by atoms with Crippen LogP contribution in [0.25, 0.3) is 10.9 Å². The summed E-state index contributed by atoms with van der Waals surface area (Å²) in [4.78, 5) is 25.6. The minimum atomic E-state index is -0.349. The Balaban J connectivity index is 1.44. The maximum absolute atomic E-state index is 12.8. The predicted molar refractivity (Wildman–Crippen MR) is 140 cm³/mol. The van der Waals surface area contributed by atoms with Gasteiger partial charge >= 0.3 is 0 Å². The molecule has 0 saturated carbocycles. The van der Waals surface area contributed by atoms with Crippen molar-refractivity contribution in [3.63, 3.8) is 0 Å². The predicted octanol–water partition coefficient (Wildman–Crippen LogP) is 4.85. The zero-order chi connectivity index (χ0) is 25.9. The molecule has 3 aromatic carbocycles. The molecule has 186 valence electrons. The Morgan fingerprint density at radius 2 is 1.69 bits per heavy atom. The maximum Gasteiger partial charge on any atom is 0.272 e. The molecule has 0 radical (unpaired) electrons. The molecule has 4 aromatic rings. The van der Waals surface area contributed by atoms with E-state index in [1.54, 1.807) is 25.3 Å². The standard InChI is InChI=1S/C28H30N4O4/c1-17-14-19(30-26(33)18-10-13-23(35-4)24(15-18)36-5)11-12-21(17)28(2,3)16-29-27(34)25-20-8-6-7-9-22(20)31-32-25/h6-15H,16H2,1-5H3,(H,29,34)(H,30,33)(H,31,32). The second kappa shape index (κ2) is 10.1. The van der Waals surface area contributed by atoms with Gasteiger partial charge in [0.15, 0.2) is 17.2 Å². The Kier molecular flexibility index (Phi) is 6.96.